The molecule has 0 aromatic heterocycles. The second kappa shape index (κ2) is 7.82. The Morgan fingerprint density at radius 2 is 2.00 bits per heavy atom. The summed E-state index contributed by atoms with van der Waals surface area (Å²) >= 11 is 0. The molecule has 3 N–H and O–H groups in total. The van der Waals surface area contributed by atoms with Crippen molar-refractivity contribution in [2.45, 2.75) is 50.7 Å². The molecule has 5 heteroatoms. The van der Waals surface area contributed by atoms with E-state index < -0.39 is 0 Å². The van der Waals surface area contributed by atoms with Crippen LogP contribution in [0.5, 0.6) is 0 Å². The van der Waals surface area contributed by atoms with Gasteiger partial charge in [0, 0.05) is 19.3 Å². The Morgan fingerprint density at radius 1 is 1.21 bits per heavy atom. The van der Waals surface area contributed by atoms with E-state index in [-0.39, 0.29) is 18.1 Å². The molecule has 2 rings (SSSR count). The van der Waals surface area contributed by atoms with Gasteiger partial charge >= 0.3 is 0 Å². The number of aliphatic hydroxyl groups excluding tert-OH is 1. The summed E-state index contributed by atoms with van der Waals surface area (Å²) in [5.74, 6) is 0.586. The van der Waals surface area contributed by atoms with Crippen molar-refractivity contribution in [1.29, 1.82) is 0 Å². The van der Waals surface area contributed by atoms with E-state index in [4.69, 9.17) is 4.74 Å². The molecule has 2 atom stereocenters. The highest BCUT2D eigenvalue weighted by Gasteiger charge is 2.20. The van der Waals surface area contributed by atoms with E-state index >= 15 is 0 Å². The van der Waals surface area contributed by atoms with Gasteiger partial charge in [-0.25, -0.2) is 0 Å². The van der Waals surface area contributed by atoms with E-state index in [1.807, 2.05) is 0 Å². The number of rotatable bonds is 5. The normalized spacial score (nSPS) is 29.1. The highest BCUT2D eigenvalue weighted by molar-refractivity contribution is 5.78. The van der Waals surface area contributed by atoms with Gasteiger partial charge in [-0.3, -0.25) is 4.79 Å². The lowest BCUT2D eigenvalue weighted by atomic mass is 9.87. The molecule has 1 saturated carbocycles. The van der Waals surface area contributed by atoms with Gasteiger partial charge in [-0.1, -0.05) is 6.42 Å². The zero-order valence-corrected chi connectivity index (χ0v) is 11.6. The first-order valence-electron chi connectivity index (χ1n) is 7.50. The van der Waals surface area contributed by atoms with Crippen molar-refractivity contribution in [2.24, 2.45) is 5.92 Å². The van der Waals surface area contributed by atoms with Crippen LogP contribution >= 0.6 is 0 Å². The first-order valence-corrected chi connectivity index (χ1v) is 7.50. The van der Waals surface area contributed by atoms with E-state index in [0.29, 0.717) is 12.5 Å². The number of carbonyl (C=O) groups excluding carboxylic acids is 1. The van der Waals surface area contributed by atoms with E-state index in [1.54, 1.807) is 0 Å². The number of hydrogen-bond acceptors (Lipinski definition) is 4. The molecule has 5 nitrogen and oxygen atoms in total. The average molecular weight is 270 g/mol. The highest BCUT2D eigenvalue weighted by Crippen LogP contribution is 2.23. The van der Waals surface area contributed by atoms with Crippen LogP contribution in [0.25, 0.3) is 0 Å². The number of hydrogen-bond donors (Lipinski definition) is 3. The molecular formula is C14H26N2O3. The van der Waals surface area contributed by atoms with Crippen LogP contribution in [-0.2, 0) is 9.53 Å². The molecule has 0 spiro atoms. The van der Waals surface area contributed by atoms with Crippen LogP contribution in [0.2, 0.25) is 0 Å². The second-order valence-electron chi connectivity index (χ2n) is 5.77. The predicted octanol–water partition coefficient (Wildman–Crippen LogP) is 0.422. The number of ether oxygens (including phenoxy) is 1. The molecule has 110 valence electrons. The minimum absolute atomic E-state index is 0.0725. The van der Waals surface area contributed by atoms with Crippen LogP contribution in [0, 0.1) is 5.92 Å². The summed E-state index contributed by atoms with van der Waals surface area (Å²) in [7, 11) is 0. The summed E-state index contributed by atoms with van der Waals surface area (Å²) in [6, 6.07) is 0.277. The first-order chi connectivity index (χ1) is 9.24. The summed E-state index contributed by atoms with van der Waals surface area (Å²) in [5, 5.41) is 15.8. The Kier molecular flexibility index (Phi) is 6.07. The summed E-state index contributed by atoms with van der Waals surface area (Å²) in [4.78, 5) is 11.8. The van der Waals surface area contributed by atoms with Gasteiger partial charge in [0.1, 0.15) is 0 Å². The average Bonchev–Trinajstić information content (AvgIpc) is 2.40. The third-order valence-corrected chi connectivity index (χ3v) is 4.06. The Bertz CT molecular complexity index is 280. The van der Waals surface area contributed by atoms with Gasteiger partial charge in [0.05, 0.1) is 12.6 Å². The van der Waals surface area contributed by atoms with Gasteiger partial charge in [0.25, 0.3) is 0 Å². The monoisotopic (exact) mass is 270 g/mol. The van der Waals surface area contributed by atoms with Gasteiger partial charge in [0.15, 0.2) is 0 Å². The quantitative estimate of drug-likeness (QED) is 0.677. The van der Waals surface area contributed by atoms with Crippen molar-refractivity contribution in [2.75, 3.05) is 26.3 Å². The molecule has 1 aliphatic carbocycles. The summed E-state index contributed by atoms with van der Waals surface area (Å²) < 4.78 is 5.26. The maximum atomic E-state index is 11.8. The van der Waals surface area contributed by atoms with E-state index in [0.717, 1.165) is 58.3 Å². The Labute approximate surface area is 115 Å². The van der Waals surface area contributed by atoms with Gasteiger partial charge in [-0.2, -0.15) is 0 Å². The molecule has 0 aromatic carbocycles. The fraction of sp³-hybridized carbons (Fsp3) is 0.929. The molecule has 1 amide bonds. The second-order valence-corrected chi connectivity index (χ2v) is 5.77. The zero-order chi connectivity index (χ0) is 13.5. The van der Waals surface area contributed by atoms with Crippen molar-refractivity contribution in [1.82, 2.24) is 10.6 Å². The molecule has 19 heavy (non-hydrogen) atoms. The molecule has 2 unspecified atom stereocenters. The van der Waals surface area contributed by atoms with E-state index in [2.05, 4.69) is 10.6 Å². The van der Waals surface area contributed by atoms with Crippen LogP contribution in [0.4, 0.5) is 0 Å². The summed E-state index contributed by atoms with van der Waals surface area (Å²) in [6.45, 7) is 2.71. The van der Waals surface area contributed by atoms with E-state index in [1.165, 1.54) is 0 Å². The summed E-state index contributed by atoms with van der Waals surface area (Å²) in [5.41, 5.74) is 0. The molecule has 0 radical (unpaired) electrons. The van der Waals surface area contributed by atoms with Crippen LogP contribution in [0.15, 0.2) is 0 Å². The maximum absolute atomic E-state index is 11.8. The van der Waals surface area contributed by atoms with Crippen LogP contribution < -0.4 is 10.6 Å². The Hall–Kier alpha value is -0.650. The molecule has 1 aliphatic heterocycles. The van der Waals surface area contributed by atoms with Gasteiger partial charge in [0.2, 0.25) is 5.91 Å². The number of amides is 1. The smallest absolute Gasteiger partial charge is 0.234 e. The van der Waals surface area contributed by atoms with Crippen molar-refractivity contribution < 1.29 is 14.6 Å². The SMILES string of the molecule is O=C(CNCC1CCCC(O)C1)NC1CCOCC1. The molecule has 0 aromatic rings. The molecule has 2 fully saturated rings. The number of aliphatic hydroxyl groups is 1. The molecule has 0 bridgehead atoms. The van der Waals surface area contributed by atoms with Gasteiger partial charge in [-0.15, -0.1) is 0 Å². The van der Waals surface area contributed by atoms with Gasteiger partial charge < -0.3 is 20.5 Å². The minimum atomic E-state index is -0.142. The standard InChI is InChI=1S/C14H26N2O3/c17-13-3-1-2-11(8-13)9-15-10-14(18)16-12-4-6-19-7-5-12/h11-13,15,17H,1-10H2,(H,16,18). The maximum Gasteiger partial charge on any atom is 0.234 e. The van der Waals surface area contributed by atoms with Crippen LogP contribution in [-0.4, -0.2) is 49.5 Å². The summed E-state index contributed by atoms with van der Waals surface area (Å²) in [6.07, 6.45) is 5.75. The van der Waals surface area contributed by atoms with E-state index in [9.17, 15) is 9.90 Å². The highest BCUT2D eigenvalue weighted by atomic mass is 16.5. The molecule has 1 saturated heterocycles. The van der Waals surface area contributed by atoms with Crippen LogP contribution in [0.1, 0.15) is 38.5 Å². The van der Waals surface area contributed by atoms with Crippen molar-refractivity contribution in [3.8, 4) is 0 Å². The first kappa shape index (κ1) is 14.8. The minimum Gasteiger partial charge on any atom is -0.393 e. The zero-order valence-electron chi connectivity index (χ0n) is 11.6. The third kappa shape index (κ3) is 5.47. The topological polar surface area (TPSA) is 70.6 Å². The predicted molar refractivity (Wildman–Crippen MR) is 72.8 cm³/mol. The number of carbonyl (C=O) groups is 1. The fourth-order valence-corrected chi connectivity index (χ4v) is 2.96. The third-order valence-electron chi connectivity index (χ3n) is 4.06. The van der Waals surface area contributed by atoms with Crippen molar-refractivity contribution in [3.05, 3.63) is 0 Å². The largest absolute Gasteiger partial charge is 0.393 e. The molecule has 1 heterocycles. The van der Waals surface area contributed by atoms with Gasteiger partial charge in [-0.05, 0) is 44.6 Å². The lowest BCUT2D eigenvalue weighted by Crippen LogP contribution is -2.44. The van der Waals surface area contributed by atoms with Crippen molar-refractivity contribution in [3.63, 3.8) is 0 Å². The Morgan fingerprint density at radius 3 is 2.74 bits per heavy atom. The Balaban J connectivity index is 1.55. The molecule has 2 aliphatic rings. The van der Waals surface area contributed by atoms with Crippen LogP contribution in [0.3, 0.4) is 0 Å². The lowest BCUT2D eigenvalue weighted by molar-refractivity contribution is -0.121. The van der Waals surface area contributed by atoms with Crippen molar-refractivity contribution >= 4 is 5.91 Å². The molecular weight excluding hydrogens is 244 g/mol. The fourth-order valence-electron chi connectivity index (χ4n) is 2.96. The lowest BCUT2D eigenvalue weighted by Gasteiger charge is -2.26. The number of nitrogens with one attached hydrogen (secondary N) is 2.